The van der Waals surface area contributed by atoms with Gasteiger partial charge in [-0.05, 0) is 58.4 Å². The van der Waals surface area contributed by atoms with Gasteiger partial charge < -0.3 is 0 Å². The van der Waals surface area contributed by atoms with E-state index in [1.54, 1.807) is 6.07 Å². The van der Waals surface area contributed by atoms with E-state index in [4.69, 9.17) is 11.6 Å². The van der Waals surface area contributed by atoms with Gasteiger partial charge in [-0.15, -0.1) is 0 Å². The molecule has 0 aliphatic rings. The topological polar surface area (TPSA) is 0 Å². The van der Waals surface area contributed by atoms with E-state index in [0.717, 1.165) is 24.1 Å². The van der Waals surface area contributed by atoms with E-state index in [2.05, 4.69) is 19.1 Å². The second-order valence-corrected chi connectivity index (χ2v) is 8.04. The molecule has 4 heteroatoms. The molecule has 0 spiro atoms. The van der Waals surface area contributed by atoms with Crippen LogP contribution in [0.25, 0.3) is 22.3 Å². The lowest BCUT2D eigenvalue weighted by atomic mass is 9.92. The molecule has 0 fully saturated rings. The van der Waals surface area contributed by atoms with E-state index in [1.165, 1.54) is 23.3 Å². The molecule has 0 radical (unpaired) electrons. The quantitative estimate of drug-likeness (QED) is 0.275. The Kier molecular flexibility index (Phi) is 6.15. The molecule has 0 nitrogen and oxygen atoms in total. The third-order valence-corrected chi connectivity index (χ3v) is 5.82. The highest BCUT2D eigenvalue weighted by molar-refractivity contribution is 6.31. The van der Waals surface area contributed by atoms with Crippen LogP contribution in [-0.2, 0) is 6.42 Å². The van der Waals surface area contributed by atoms with E-state index < -0.39 is 22.5 Å². The third-order valence-electron chi connectivity index (χ3n) is 5.46. The summed E-state index contributed by atoms with van der Waals surface area (Å²) in [7, 11) is 0. The summed E-state index contributed by atoms with van der Waals surface area (Å²) in [5.74, 6) is -2.00. The smallest absolute Gasteiger partial charge is 0.145 e. The molecule has 156 valence electrons. The highest BCUT2D eigenvalue weighted by Crippen LogP contribution is 2.32. The molecule has 1 unspecified atom stereocenters. The highest BCUT2D eigenvalue weighted by Gasteiger charge is 2.14. The van der Waals surface area contributed by atoms with E-state index in [0.29, 0.717) is 11.5 Å². The van der Waals surface area contributed by atoms with Crippen molar-refractivity contribution in [1.29, 1.82) is 0 Å². The minimum atomic E-state index is -0.916. The lowest BCUT2D eigenvalue weighted by molar-refractivity contribution is 0.584. The second kappa shape index (κ2) is 8.99. The molecule has 4 aromatic carbocycles. The molecule has 0 bridgehead atoms. The maximum atomic E-state index is 14.7. The first-order valence-electron chi connectivity index (χ1n) is 10.0. The van der Waals surface area contributed by atoms with Crippen LogP contribution < -0.4 is 0 Å². The Bertz CT molecular complexity index is 1180. The highest BCUT2D eigenvalue weighted by atomic mass is 35.5. The Labute approximate surface area is 184 Å². The largest absolute Gasteiger partial charge is 0.206 e. The van der Waals surface area contributed by atoms with Crippen molar-refractivity contribution in [2.24, 2.45) is 0 Å². The van der Waals surface area contributed by atoms with Crippen molar-refractivity contribution in [2.45, 2.75) is 19.3 Å². The fourth-order valence-corrected chi connectivity index (χ4v) is 3.84. The van der Waals surface area contributed by atoms with Crippen molar-refractivity contribution in [3.05, 3.63) is 119 Å². The van der Waals surface area contributed by atoms with E-state index >= 15 is 0 Å². The maximum Gasteiger partial charge on any atom is 0.145 e. The van der Waals surface area contributed by atoms with Crippen molar-refractivity contribution in [2.75, 3.05) is 0 Å². The van der Waals surface area contributed by atoms with Gasteiger partial charge in [-0.3, -0.25) is 0 Å². The summed E-state index contributed by atoms with van der Waals surface area (Å²) < 4.78 is 42.2. The lowest BCUT2D eigenvalue weighted by Crippen LogP contribution is -1.98. The summed E-state index contributed by atoms with van der Waals surface area (Å²) >= 11 is 5.52. The van der Waals surface area contributed by atoms with Crippen LogP contribution in [0.5, 0.6) is 0 Å². The fraction of sp³-hybridized carbons (Fsp3) is 0.111. The van der Waals surface area contributed by atoms with Gasteiger partial charge in [0.2, 0.25) is 0 Å². The predicted octanol–water partition coefficient (Wildman–Crippen LogP) is 8.44. The van der Waals surface area contributed by atoms with Crippen molar-refractivity contribution in [3.63, 3.8) is 0 Å². The molecular formula is C27H20ClF3. The number of halogens is 4. The number of hydrogen-bond donors (Lipinski definition) is 0. The Morgan fingerprint density at radius 3 is 1.87 bits per heavy atom. The van der Waals surface area contributed by atoms with Crippen LogP contribution in [-0.4, -0.2) is 0 Å². The molecule has 0 aliphatic carbocycles. The van der Waals surface area contributed by atoms with Crippen molar-refractivity contribution in [1.82, 2.24) is 0 Å². The van der Waals surface area contributed by atoms with Crippen LogP contribution in [0.1, 0.15) is 24.0 Å². The molecule has 0 aliphatic heterocycles. The molecule has 0 saturated carbocycles. The average molecular weight is 437 g/mol. The maximum absolute atomic E-state index is 14.7. The number of hydrogen-bond acceptors (Lipinski definition) is 0. The zero-order chi connectivity index (χ0) is 22.0. The molecule has 0 aromatic heterocycles. The standard InChI is InChI=1S/C27H20ClF3/c1-17(19-5-3-2-4-6-19)13-18-7-9-20(10-8-18)21-11-12-23(24(29)14-21)22-15-25(30)27(28)26(31)16-22/h2-12,14-17H,13H2,1H3. The summed E-state index contributed by atoms with van der Waals surface area (Å²) in [5, 5.41) is -0.595. The third kappa shape index (κ3) is 4.67. The van der Waals surface area contributed by atoms with Crippen LogP contribution in [0, 0.1) is 17.5 Å². The zero-order valence-electron chi connectivity index (χ0n) is 16.9. The monoisotopic (exact) mass is 436 g/mol. The molecule has 1 atom stereocenters. The van der Waals surface area contributed by atoms with E-state index in [-0.39, 0.29) is 11.1 Å². The van der Waals surface area contributed by atoms with Crippen molar-refractivity contribution in [3.8, 4) is 22.3 Å². The van der Waals surface area contributed by atoms with Crippen LogP contribution in [0.15, 0.2) is 84.9 Å². The summed E-state index contributed by atoms with van der Waals surface area (Å²) in [6.45, 7) is 2.19. The SMILES string of the molecule is CC(Cc1ccc(-c2ccc(-c3cc(F)c(Cl)c(F)c3)c(F)c2)cc1)c1ccccc1. The van der Waals surface area contributed by atoms with Gasteiger partial charge in [0.1, 0.15) is 22.5 Å². The van der Waals surface area contributed by atoms with Gasteiger partial charge in [-0.1, -0.05) is 85.3 Å². The first kappa shape index (κ1) is 21.2. The summed E-state index contributed by atoms with van der Waals surface area (Å²) in [5.41, 5.74) is 4.28. The number of benzene rings is 4. The zero-order valence-corrected chi connectivity index (χ0v) is 17.6. The minimum absolute atomic E-state index is 0.105. The molecule has 4 rings (SSSR count). The van der Waals surface area contributed by atoms with Gasteiger partial charge >= 0.3 is 0 Å². The molecule has 0 heterocycles. The Balaban J connectivity index is 1.54. The van der Waals surface area contributed by atoms with Gasteiger partial charge in [-0.2, -0.15) is 0 Å². The molecule has 0 saturated heterocycles. The van der Waals surface area contributed by atoms with E-state index in [1.807, 2.05) is 42.5 Å². The van der Waals surface area contributed by atoms with Gasteiger partial charge in [0.15, 0.2) is 0 Å². The van der Waals surface area contributed by atoms with Gasteiger partial charge in [0.25, 0.3) is 0 Å². The fourth-order valence-electron chi connectivity index (χ4n) is 3.73. The van der Waals surface area contributed by atoms with Gasteiger partial charge in [0.05, 0.1) is 0 Å². The Hall–Kier alpha value is -3.04. The Morgan fingerprint density at radius 2 is 1.26 bits per heavy atom. The lowest BCUT2D eigenvalue weighted by Gasteiger charge is -2.13. The van der Waals surface area contributed by atoms with Crippen LogP contribution >= 0.6 is 11.6 Å². The minimum Gasteiger partial charge on any atom is -0.206 e. The molecular weight excluding hydrogens is 417 g/mol. The van der Waals surface area contributed by atoms with Gasteiger partial charge in [0, 0.05) is 5.56 Å². The molecule has 0 N–H and O–H groups in total. The summed E-state index contributed by atoms with van der Waals surface area (Å²) in [6.07, 6.45) is 0.908. The normalized spacial score (nSPS) is 12.0. The van der Waals surface area contributed by atoms with Crippen LogP contribution in [0.4, 0.5) is 13.2 Å². The first-order chi connectivity index (χ1) is 14.9. The predicted molar refractivity (Wildman–Crippen MR) is 121 cm³/mol. The average Bonchev–Trinajstić information content (AvgIpc) is 2.78. The number of rotatable bonds is 5. The molecule has 31 heavy (non-hydrogen) atoms. The van der Waals surface area contributed by atoms with Crippen LogP contribution in [0.3, 0.4) is 0 Å². The first-order valence-corrected chi connectivity index (χ1v) is 10.4. The Morgan fingerprint density at radius 1 is 0.677 bits per heavy atom. The van der Waals surface area contributed by atoms with Crippen molar-refractivity contribution >= 4 is 11.6 Å². The molecule has 4 aromatic rings. The van der Waals surface area contributed by atoms with Gasteiger partial charge in [-0.25, -0.2) is 13.2 Å². The molecule has 0 amide bonds. The van der Waals surface area contributed by atoms with Crippen molar-refractivity contribution < 1.29 is 13.2 Å². The van der Waals surface area contributed by atoms with Crippen LogP contribution in [0.2, 0.25) is 5.02 Å². The van der Waals surface area contributed by atoms with E-state index in [9.17, 15) is 13.2 Å². The summed E-state index contributed by atoms with van der Waals surface area (Å²) in [6, 6.07) is 25.1. The summed E-state index contributed by atoms with van der Waals surface area (Å²) in [4.78, 5) is 0. The second-order valence-electron chi connectivity index (χ2n) is 7.66.